The molecular formula is C24H25F4N3O4. The van der Waals surface area contributed by atoms with Gasteiger partial charge in [-0.2, -0.15) is 18.2 Å². The summed E-state index contributed by atoms with van der Waals surface area (Å²) in [5.74, 6) is -0.135. The fraction of sp³-hybridized carbons (Fsp3) is 0.583. The van der Waals surface area contributed by atoms with Crippen molar-refractivity contribution in [3.05, 3.63) is 35.5 Å². The van der Waals surface area contributed by atoms with E-state index in [1.165, 1.54) is 18.6 Å². The summed E-state index contributed by atoms with van der Waals surface area (Å²) in [4.78, 5) is 18.7. The van der Waals surface area contributed by atoms with Crippen LogP contribution in [0.5, 0.6) is 5.75 Å². The maximum Gasteiger partial charge on any atom is 0.396 e. The highest BCUT2D eigenvalue weighted by molar-refractivity contribution is 6.03. The number of carbonyl (C=O) groups is 1. The van der Waals surface area contributed by atoms with Gasteiger partial charge in [-0.25, -0.2) is 4.39 Å². The second-order valence-electron chi connectivity index (χ2n) is 10.1. The number of aromatic nitrogens is 1. The molecule has 2 aliphatic heterocycles. The number of amides is 1. The molecular weight excluding hydrogens is 470 g/mol. The molecule has 2 saturated carbocycles. The Bertz CT molecular complexity index is 1110. The maximum atomic E-state index is 14.6. The van der Waals surface area contributed by atoms with Crippen molar-refractivity contribution in [3.63, 3.8) is 0 Å². The second-order valence-corrected chi connectivity index (χ2v) is 10.1. The molecule has 2 aliphatic carbocycles. The molecule has 3 heterocycles. The summed E-state index contributed by atoms with van der Waals surface area (Å²) < 4.78 is 70.7. The quantitative estimate of drug-likeness (QED) is 0.598. The van der Waals surface area contributed by atoms with Crippen molar-refractivity contribution in [1.29, 1.82) is 0 Å². The first-order valence-corrected chi connectivity index (χ1v) is 11.9. The number of hydrogen-bond donors (Lipinski definition) is 1. The Morgan fingerprint density at radius 1 is 1.11 bits per heavy atom. The molecule has 1 aromatic heterocycles. The fourth-order valence-corrected chi connectivity index (χ4v) is 5.60. The van der Waals surface area contributed by atoms with Gasteiger partial charge in [-0.05, 0) is 43.2 Å². The zero-order valence-electron chi connectivity index (χ0n) is 18.8. The second kappa shape index (κ2) is 8.39. The molecule has 4 fully saturated rings. The van der Waals surface area contributed by atoms with Gasteiger partial charge in [0.15, 0.2) is 17.3 Å². The third-order valence-corrected chi connectivity index (χ3v) is 7.46. The average Bonchev–Trinajstić information content (AvgIpc) is 3.22. The molecule has 4 aliphatic rings. The Morgan fingerprint density at radius 3 is 2.49 bits per heavy atom. The maximum absolute atomic E-state index is 14.6. The van der Waals surface area contributed by atoms with Gasteiger partial charge < -0.3 is 24.1 Å². The fourth-order valence-electron chi connectivity index (χ4n) is 5.60. The van der Waals surface area contributed by atoms with Crippen LogP contribution in [0.2, 0.25) is 0 Å². The number of anilines is 2. The van der Waals surface area contributed by atoms with Crippen molar-refractivity contribution in [2.75, 3.05) is 36.5 Å². The minimum absolute atomic E-state index is 0.0103. The first-order chi connectivity index (χ1) is 16.7. The third kappa shape index (κ3) is 4.70. The zero-order valence-corrected chi connectivity index (χ0v) is 18.8. The standard InChI is InChI=1S/C24H25F4N3O4/c25-18-6-16(1-2-19(18)34-17-4-12-3-13(12)5-17)29-22(32)21-20(7-24(26,27)28)35-23(30-21)31-8-14-10-33-11-15(14)9-31/h1-2,6,12-15,17H,3-5,7-11H2,(H,29,32). The van der Waals surface area contributed by atoms with E-state index in [0.717, 1.165) is 18.9 Å². The van der Waals surface area contributed by atoms with E-state index in [1.807, 2.05) is 0 Å². The van der Waals surface area contributed by atoms with E-state index >= 15 is 0 Å². The van der Waals surface area contributed by atoms with Crippen LogP contribution in [-0.2, 0) is 11.2 Å². The smallest absolute Gasteiger partial charge is 0.396 e. The molecule has 4 unspecified atom stereocenters. The number of ether oxygens (including phenoxy) is 2. The largest absolute Gasteiger partial charge is 0.487 e. The molecule has 7 nitrogen and oxygen atoms in total. The van der Waals surface area contributed by atoms with E-state index < -0.39 is 35.8 Å². The van der Waals surface area contributed by atoms with Gasteiger partial charge in [0.2, 0.25) is 0 Å². The molecule has 0 radical (unpaired) electrons. The van der Waals surface area contributed by atoms with Crippen LogP contribution in [0.25, 0.3) is 0 Å². The summed E-state index contributed by atoms with van der Waals surface area (Å²) in [5, 5.41) is 2.44. The predicted octanol–water partition coefficient (Wildman–Crippen LogP) is 4.43. The van der Waals surface area contributed by atoms with Crippen molar-refractivity contribution in [3.8, 4) is 5.75 Å². The van der Waals surface area contributed by atoms with Crippen molar-refractivity contribution in [2.45, 2.75) is 38.0 Å². The number of oxazole rings is 1. The van der Waals surface area contributed by atoms with Gasteiger partial charge in [0.1, 0.15) is 12.2 Å². The average molecular weight is 495 g/mol. The van der Waals surface area contributed by atoms with Crippen LogP contribution in [0, 0.1) is 29.5 Å². The summed E-state index contributed by atoms with van der Waals surface area (Å²) in [7, 11) is 0. The van der Waals surface area contributed by atoms with Gasteiger partial charge in [0.05, 0.1) is 19.3 Å². The molecule has 1 N–H and O–H groups in total. The molecule has 11 heteroatoms. The normalized spacial score (nSPS) is 29.3. The minimum Gasteiger partial charge on any atom is -0.487 e. The molecule has 35 heavy (non-hydrogen) atoms. The highest BCUT2D eigenvalue weighted by atomic mass is 19.4. The number of benzene rings is 1. The van der Waals surface area contributed by atoms with E-state index in [1.54, 1.807) is 4.90 Å². The lowest BCUT2D eigenvalue weighted by atomic mass is 10.0. The lowest BCUT2D eigenvalue weighted by Crippen LogP contribution is -2.22. The van der Waals surface area contributed by atoms with E-state index in [2.05, 4.69) is 10.3 Å². The number of carbonyl (C=O) groups excluding carboxylic acids is 1. The van der Waals surface area contributed by atoms with E-state index in [-0.39, 0.29) is 35.4 Å². The summed E-state index contributed by atoms with van der Waals surface area (Å²) in [6, 6.07) is 3.95. The van der Waals surface area contributed by atoms with Crippen LogP contribution in [0.3, 0.4) is 0 Å². The Balaban J connectivity index is 1.17. The first-order valence-electron chi connectivity index (χ1n) is 11.9. The SMILES string of the molecule is O=C(Nc1ccc(OC2CC3CC3C2)c(F)c1)c1nc(N2CC3COCC3C2)oc1CC(F)(F)F. The molecule has 1 aromatic carbocycles. The van der Waals surface area contributed by atoms with Gasteiger partial charge >= 0.3 is 6.18 Å². The summed E-state index contributed by atoms with van der Waals surface area (Å²) in [6.45, 7) is 2.23. The highest BCUT2D eigenvalue weighted by Crippen LogP contribution is 2.52. The van der Waals surface area contributed by atoms with E-state index in [0.29, 0.717) is 38.1 Å². The number of halogens is 4. The minimum atomic E-state index is -4.59. The molecule has 2 aromatic rings. The molecule has 0 bridgehead atoms. The third-order valence-electron chi connectivity index (χ3n) is 7.46. The van der Waals surface area contributed by atoms with Gasteiger partial charge in [-0.1, -0.05) is 0 Å². The van der Waals surface area contributed by atoms with Crippen molar-refractivity contribution >= 4 is 17.6 Å². The number of alkyl halides is 3. The van der Waals surface area contributed by atoms with E-state index in [9.17, 15) is 22.4 Å². The zero-order chi connectivity index (χ0) is 24.3. The van der Waals surface area contributed by atoms with Crippen LogP contribution in [0.1, 0.15) is 35.5 Å². The van der Waals surface area contributed by atoms with Gasteiger partial charge in [0, 0.05) is 36.7 Å². The Morgan fingerprint density at radius 2 is 1.83 bits per heavy atom. The highest BCUT2D eigenvalue weighted by Gasteiger charge is 2.47. The predicted molar refractivity (Wildman–Crippen MR) is 116 cm³/mol. The van der Waals surface area contributed by atoms with Crippen molar-refractivity contribution in [2.24, 2.45) is 23.7 Å². The van der Waals surface area contributed by atoms with Crippen LogP contribution >= 0.6 is 0 Å². The van der Waals surface area contributed by atoms with Crippen molar-refractivity contribution < 1.29 is 36.2 Å². The molecule has 1 amide bonds. The lowest BCUT2D eigenvalue weighted by molar-refractivity contribution is -0.130. The first kappa shape index (κ1) is 22.6. The summed E-state index contributed by atoms with van der Waals surface area (Å²) >= 11 is 0. The summed E-state index contributed by atoms with van der Waals surface area (Å²) in [5.41, 5.74) is -0.374. The lowest BCUT2D eigenvalue weighted by Gasteiger charge is -2.16. The Hall–Kier alpha value is -2.82. The van der Waals surface area contributed by atoms with E-state index in [4.69, 9.17) is 13.9 Å². The molecule has 0 spiro atoms. The number of nitrogens with one attached hydrogen (secondary N) is 1. The van der Waals surface area contributed by atoms with Crippen LogP contribution in [-0.4, -0.2) is 49.5 Å². The monoisotopic (exact) mass is 495 g/mol. The van der Waals surface area contributed by atoms with Crippen LogP contribution in [0.15, 0.2) is 22.6 Å². The van der Waals surface area contributed by atoms with Gasteiger partial charge in [-0.3, -0.25) is 4.79 Å². The Labute approximate surface area is 198 Å². The molecule has 6 rings (SSSR count). The van der Waals surface area contributed by atoms with Crippen LogP contribution < -0.4 is 15.0 Å². The summed E-state index contributed by atoms with van der Waals surface area (Å²) in [6.07, 6.45) is -2.97. The Kier molecular flexibility index (Phi) is 5.43. The van der Waals surface area contributed by atoms with Gasteiger partial charge in [0.25, 0.3) is 11.9 Å². The molecule has 4 atom stereocenters. The number of hydrogen-bond acceptors (Lipinski definition) is 6. The number of fused-ring (bicyclic) bond motifs is 2. The molecule has 2 saturated heterocycles. The number of nitrogens with zero attached hydrogens (tertiary/aromatic N) is 2. The van der Waals surface area contributed by atoms with Crippen molar-refractivity contribution in [1.82, 2.24) is 4.98 Å². The van der Waals surface area contributed by atoms with Gasteiger partial charge in [-0.15, -0.1) is 0 Å². The number of rotatable bonds is 6. The molecule has 188 valence electrons. The van der Waals surface area contributed by atoms with Crippen LogP contribution in [0.4, 0.5) is 29.3 Å². The topological polar surface area (TPSA) is 76.8 Å².